The van der Waals surface area contributed by atoms with E-state index in [0.29, 0.717) is 10.6 Å². The highest BCUT2D eigenvalue weighted by Crippen LogP contribution is 2.28. The number of phenolic OH excluding ortho intramolecular Hbond substituents is 1. The number of aromatic hydroxyl groups is 1. The van der Waals surface area contributed by atoms with Crippen molar-refractivity contribution in [3.63, 3.8) is 0 Å². The van der Waals surface area contributed by atoms with E-state index < -0.39 is 10.8 Å². The van der Waals surface area contributed by atoms with Crippen LogP contribution in [0.3, 0.4) is 0 Å². The molecule has 1 amide bonds. The maximum atomic E-state index is 12.8. The molecule has 0 saturated carbocycles. The fourth-order valence-corrected chi connectivity index (χ4v) is 2.69. The molecule has 7 nitrogen and oxygen atoms in total. The Balaban J connectivity index is 1.94. The first-order valence-electron chi connectivity index (χ1n) is 8.05. The predicted molar refractivity (Wildman–Crippen MR) is 104 cm³/mol. The molecule has 0 unspecified atom stereocenters. The lowest BCUT2D eigenvalue weighted by Crippen LogP contribution is -2.17. The van der Waals surface area contributed by atoms with Gasteiger partial charge in [-0.05, 0) is 36.4 Å². The van der Waals surface area contributed by atoms with Crippen molar-refractivity contribution in [2.75, 3.05) is 5.32 Å². The summed E-state index contributed by atoms with van der Waals surface area (Å²) in [5.41, 5.74) is 0.134. The number of hydrogen-bond donors (Lipinski definition) is 2. The Morgan fingerprint density at radius 1 is 0.964 bits per heavy atom. The van der Waals surface area contributed by atoms with Crippen LogP contribution in [0.1, 0.15) is 26.3 Å². The van der Waals surface area contributed by atoms with Crippen molar-refractivity contribution in [3.05, 3.63) is 98.6 Å². The summed E-state index contributed by atoms with van der Waals surface area (Å²) in [5.74, 6) is -1.40. The molecule has 2 N–H and O–H groups in total. The third-order valence-corrected chi connectivity index (χ3v) is 4.21. The number of ketones is 1. The minimum atomic E-state index is -0.686. The maximum Gasteiger partial charge on any atom is 0.271 e. The Morgan fingerprint density at radius 3 is 2.25 bits per heavy atom. The van der Waals surface area contributed by atoms with E-state index >= 15 is 0 Å². The summed E-state index contributed by atoms with van der Waals surface area (Å²) < 4.78 is 0. The number of halogens is 1. The number of nitrogens with zero attached hydrogens (tertiary/aromatic N) is 1. The largest absolute Gasteiger partial charge is 0.506 e. The van der Waals surface area contributed by atoms with E-state index in [9.17, 15) is 24.8 Å². The van der Waals surface area contributed by atoms with E-state index in [2.05, 4.69) is 5.32 Å². The van der Waals surface area contributed by atoms with Crippen LogP contribution >= 0.6 is 11.6 Å². The van der Waals surface area contributed by atoms with Crippen molar-refractivity contribution in [1.82, 2.24) is 0 Å². The third-order valence-electron chi connectivity index (χ3n) is 3.96. The molecular formula is C20H13ClN2O5. The molecule has 140 valence electrons. The van der Waals surface area contributed by atoms with Crippen LogP contribution < -0.4 is 5.32 Å². The summed E-state index contributed by atoms with van der Waals surface area (Å²) in [6, 6.07) is 15.6. The van der Waals surface area contributed by atoms with Gasteiger partial charge in [-0.1, -0.05) is 29.8 Å². The molecule has 8 heteroatoms. The predicted octanol–water partition coefficient (Wildman–Crippen LogP) is 4.44. The molecule has 0 atom stereocenters. The van der Waals surface area contributed by atoms with Crippen LogP contribution in [0.25, 0.3) is 0 Å². The van der Waals surface area contributed by atoms with Crippen LogP contribution in [0.15, 0.2) is 66.7 Å². The molecule has 0 aliphatic rings. The standard InChI is InChI=1S/C20H13ClN2O5/c21-13-7-5-12(6-8-13)19(25)15-3-1-2-4-16(15)20(26)22-17-11-14(23(27)28)9-10-18(17)24/h1-11,24H,(H,22,26). The van der Waals surface area contributed by atoms with Crippen LogP contribution in [-0.2, 0) is 0 Å². The number of nitrogens with one attached hydrogen (secondary N) is 1. The zero-order chi connectivity index (χ0) is 20.3. The number of nitro benzene ring substituents is 1. The topological polar surface area (TPSA) is 110 Å². The Kier molecular flexibility index (Phi) is 5.37. The number of anilines is 1. The summed E-state index contributed by atoms with van der Waals surface area (Å²) >= 11 is 5.84. The molecule has 3 aromatic carbocycles. The van der Waals surface area contributed by atoms with Gasteiger partial charge in [0.2, 0.25) is 0 Å². The van der Waals surface area contributed by atoms with Crippen molar-refractivity contribution in [3.8, 4) is 5.75 Å². The van der Waals surface area contributed by atoms with Gasteiger partial charge in [-0.15, -0.1) is 0 Å². The van der Waals surface area contributed by atoms with Gasteiger partial charge in [-0.3, -0.25) is 19.7 Å². The monoisotopic (exact) mass is 396 g/mol. The SMILES string of the molecule is O=C(Nc1cc([N+](=O)[O-])ccc1O)c1ccccc1C(=O)c1ccc(Cl)cc1. The summed E-state index contributed by atoms with van der Waals surface area (Å²) in [4.78, 5) is 35.7. The quantitative estimate of drug-likeness (QED) is 0.287. The van der Waals surface area contributed by atoms with Crippen molar-refractivity contribution < 1.29 is 19.6 Å². The minimum absolute atomic E-state index is 0.0633. The van der Waals surface area contributed by atoms with Crippen molar-refractivity contribution >= 4 is 34.7 Å². The van der Waals surface area contributed by atoms with Gasteiger partial charge in [0.15, 0.2) is 5.78 Å². The van der Waals surface area contributed by atoms with Gasteiger partial charge in [0.05, 0.1) is 16.2 Å². The molecule has 0 bridgehead atoms. The number of non-ortho nitro benzene ring substituents is 1. The van der Waals surface area contributed by atoms with E-state index in [0.717, 1.165) is 18.2 Å². The number of carbonyl (C=O) groups is 2. The number of phenols is 1. The molecule has 0 spiro atoms. The maximum absolute atomic E-state index is 12.8. The van der Waals surface area contributed by atoms with Gasteiger partial charge in [-0.25, -0.2) is 0 Å². The van der Waals surface area contributed by atoms with Crippen LogP contribution in [0, 0.1) is 10.1 Å². The molecule has 0 saturated heterocycles. The smallest absolute Gasteiger partial charge is 0.271 e. The fraction of sp³-hybridized carbons (Fsp3) is 0. The molecule has 3 aromatic rings. The second-order valence-electron chi connectivity index (χ2n) is 5.79. The third kappa shape index (κ3) is 3.99. The van der Waals surface area contributed by atoms with Crippen LogP contribution in [-0.4, -0.2) is 21.7 Å². The van der Waals surface area contributed by atoms with Crippen molar-refractivity contribution in [1.29, 1.82) is 0 Å². The molecule has 3 rings (SSSR count). The Bertz CT molecular complexity index is 1080. The second-order valence-corrected chi connectivity index (χ2v) is 6.23. The molecule has 0 aliphatic carbocycles. The zero-order valence-corrected chi connectivity index (χ0v) is 15.0. The highest BCUT2D eigenvalue weighted by atomic mass is 35.5. The average molecular weight is 397 g/mol. The molecule has 0 aliphatic heterocycles. The number of carbonyl (C=O) groups excluding carboxylic acids is 2. The molecule has 28 heavy (non-hydrogen) atoms. The van der Waals surface area contributed by atoms with Crippen LogP contribution in [0.5, 0.6) is 5.75 Å². The van der Waals surface area contributed by atoms with E-state index in [-0.39, 0.29) is 34.0 Å². The summed E-state index contributed by atoms with van der Waals surface area (Å²) in [5, 5.41) is 23.7. The first-order valence-corrected chi connectivity index (χ1v) is 8.42. The van der Waals surface area contributed by atoms with Gasteiger partial charge in [0.1, 0.15) is 5.75 Å². The Labute approximate surface area is 164 Å². The van der Waals surface area contributed by atoms with Gasteiger partial charge in [0, 0.05) is 28.3 Å². The van der Waals surface area contributed by atoms with Crippen molar-refractivity contribution in [2.24, 2.45) is 0 Å². The highest BCUT2D eigenvalue weighted by molar-refractivity contribution is 6.30. The van der Waals surface area contributed by atoms with E-state index in [1.807, 2.05) is 0 Å². The van der Waals surface area contributed by atoms with Gasteiger partial charge in [0.25, 0.3) is 11.6 Å². The van der Waals surface area contributed by atoms with Crippen molar-refractivity contribution in [2.45, 2.75) is 0 Å². The molecular weight excluding hydrogens is 384 g/mol. The normalized spacial score (nSPS) is 10.3. The van der Waals surface area contributed by atoms with Gasteiger partial charge in [-0.2, -0.15) is 0 Å². The van der Waals surface area contributed by atoms with Gasteiger partial charge >= 0.3 is 0 Å². The lowest BCUT2D eigenvalue weighted by molar-refractivity contribution is -0.384. The zero-order valence-electron chi connectivity index (χ0n) is 14.3. The van der Waals surface area contributed by atoms with Gasteiger partial charge < -0.3 is 10.4 Å². The number of rotatable bonds is 5. The lowest BCUT2D eigenvalue weighted by Gasteiger charge is -2.11. The molecule has 0 fully saturated rings. The highest BCUT2D eigenvalue weighted by Gasteiger charge is 2.20. The fourth-order valence-electron chi connectivity index (χ4n) is 2.56. The lowest BCUT2D eigenvalue weighted by atomic mass is 9.98. The Morgan fingerprint density at radius 2 is 1.61 bits per heavy atom. The summed E-state index contributed by atoms with van der Waals surface area (Å²) in [6.45, 7) is 0. The first kappa shape index (κ1) is 19.1. The number of hydrogen-bond acceptors (Lipinski definition) is 5. The van der Waals surface area contributed by atoms with Crippen LogP contribution in [0.4, 0.5) is 11.4 Å². The number of nitro groups is 1. The number of amides is 1. The Hall–Kier alpha value is -3.71. The summed E-state index contributed by atoms with van der Waals surface area (Å²) in [6.07, 6.45) is 0. The summed E-state index contributed by atoms with van der Waals surface area (Å²) in [7, 11) is 0. The van der Waals surface area contributed by atoms with E-state index in [1.54, 1.807) is 36.4 Å². The minimum Gasteiger partial charge on any atom is -0.506 e. The molecule has 0 aromatic heterocycles. The average Bonchev–Trinajstić information content (AvgIpc) is 2.69. The molecule has 0 radical (unpaired) electrons. The van der Waals surface area contributed by atoms with E-state index in [1.165, 1.54) is 12.1 Å². The first-order chi connectivity index (χ1) is 13.4. The van der Waals surface area contributed by atoms with Crippen LogP contribution in [0.2, 0.25) is 5.02 Å². The second kappa shape index (κ2) is 7.89. The van der Waals surface area contributed by atoms with E-state index in [4.69, 9.17) is 11.6 Å². The molecule has 0 heterocycles. The number of benzene rings is 3.